The highest BCUT2D eigenvalue weighted by molar-refractivity contribution is 5.70. The number of amides is 1. The van der Waals surface area contributed by atoms with Crippen molar-refractivity contribution < 1.29 is 14.6 Å². The molecule has 1 amide bonds. The number of aliphatic hydroxyl groups excluding tert-OH is 1. The fraction of sp³-hybridized carbons (Fsp3) is 0.714. The van der Waals surface area contributed by atoms with Gasteiger partial charge < -0.3 is 19.6 Å². The molecule has 2 saturated heterocycles. The second kappa shape index (κ2) is 8.46. The van der Waals surface area contributed by atoms with Crippen molar-refractivity contribution in [1.82, 2.24) is 9.88 Å². The molecule has 6 nitrogen and oxygen atoms in total. The Balaban J connectivity index is 1.57. The molecule has 27 heavy (non-hydrogen) atoms. The number of carbonyl (C=O) groups excluding carboxylic acids is 1. The number of anilines is 1. The summed E-state index contributed by atoms with van der Waals surface area (Å²) in [6.45, 7) is 9.47. The highest BCUT2D eigenvalue weighted by Gasteiger charge is 2.36. The predicted octanol–water partition coefficient (Wildman–Crippen LogP) is 3.40. The van der Waals surface area contributed by atoms with E-state index in [0.717, 1.165) is 31.8 Å². The minimum atomic E-state index is -0.456. The van der Waals surface area contributed by atoms with Crippen LogP contribution in [-0.4, -0.2) is 59.5 Å². The lowest BCUT2D eigenvalue weighted by molar-refractivity contribution is 0.00819. The number of nitrogens with zero attached hydrogens (tertiary/aromatic N) is 3. The molecule has 0 aromatic carbocycles. The van der Waals surface area contributed by atoms with Crippen molar-refractivity contribution in [3.05, 3.63) is 24.0 Å². The van der Waals surface area contributed by atoms with Gasteiger partial charge in [0.2, 0.25) is 0 Å². The zero-order valence-corrected chi connectivity index (χ0v) is 16.9. The molecule has 150 valence electrons. The summed E-state index contributed by atoms with van der Waals surface area (Å²) in [5.74, 6) is 1.05. The van der Waals surface area contributed by atoms with E-state index in [0.29, 0.717) is 25.6 Å². The number of hydrogen-bond donors (Lipinski definition) is 1. The lowest BCUT2D eigenvalue weighted by atomic mass is 9.89. The van der Waals surface area contributed by atoms with Crippen molar-refractivity contribution in [2.24, 2.45) is 5.92 Å². The third kappa shape index (κ3) is 5.12. The summed E-state index contributed by atoms with van der Waals surface area (Å²) in [6.07, 6.45) is 7.99. The molecule has 1 aromatic heterocycles. The molecule has 3 heterocycles. The van der Waals surface area contributed by atoms with Crippen LogP contribution in [0.25, 0.3) is 0 Å². The van der Waals surface area contributed by atoms with E-state index in [9.17, 15) is 4.79 Å². The van der Waals surface area contributed by atoms with Crippen LogP contribution in [0.1, 0.15) is 57.9 Å². The van der Waals surface area contributed by atoms with Gasteiger partial charge >= 0.3 is 6.09 Å². The first-order valence-corrected chi connectivity index (χ1v) is 10.1. The van der Waals surface area contributed by atoms with Crippen molar-refractivity contribution in [3.8, 4) is 0 Å². The fourth-order valence-corrected chi connectivity index (χ4v) is 4.00. The Hall–Kier alpha value is -1.82. The summed E-state index contributed by atoms with van der Waals surface area (Å²) in [4.78, 5) is 20.8. The van der Waals surface area contributed by atoms with Gasteiger partial charge in [0.05, 0.1) is 0 Å². The number of carbonyl (C=O) groups is 1. The van der Waals surface area contributed by atoms with E-state index in [1.54, 1.807) is 4.90 Å². The van der Waals surface area contributed by atoms with Gasteiger partial charge in [0.15, 0.2) is 0 Å². The van der Waals surface area contributed by atoms with Gasteiger partial charge in [-0.2, -0.15) is 0 Å². The Morgan fingerprint density at radius 1 is 1.30 bits per heavy atom. The van der Waals surface area contributed by atoms with Crippen molar-refractivity contribution in [3.63, 3.8) is 0 Å². The molecule has 1 N–H and O–H groups in total. The molecule has 1 aromatic rings. The summed E-state index contributed by atoms with van der Waals surface area (Å²) < 4.78 is 5.46. The van der Waals surface area contributed by atoms with E-state index < -0.39 is 5.60 Å². The SMILES string of the molecule is CC(C)(C)OC(=O)N1CC(c2cnccc2N2CCC(CCCO)CC2)C1. The zero-order valence-electron chi connectivity index (χ0n) is 16.9. The average molecular weight is 376 g/mol. The van der Waals surface area contributed by atoms with Gasteiger partial charge in [-0.1, -0.05) is 0 Å². The van der Waals surface area contributed by atoms with Gasteiger partial charge in [-0.15, -0.1) is 0 Å². The topological polar surface area (TPSA) is 65.9 Å². The molecule has 0 unspecified atom stereocenters. The van der Waals surface area contributed by atoms with Crippen molar-refractivity contribution in [2.75, 3.05) is 37.7 Å². The molecule has 0 spiro atoms. The number of ether oxygens (including phenoxy) is 1. The number of rotatable bonds is 5. The van der Waals surface area contributed by atoms with Crippen molar-refractivity contribution in [1.29, 1.82) is 0 Å². The molecule has 0 bridgehead atoms. The second-order valence-corrected chi connectivity index (χ2v) is 8.81. The normalized spacial score (nSPS) is 19.1. The van der Waals surface area contributed by atoms with Crippen LogP contribution in [0, 0.1) is 5.92 Å². The van der Waals surface area contributed by atoms with E-state index in [1.165, 1.54) is 24.1 Å². The third-order valence-electron chi connectivity index (χ3n) is 5.53. The van der Waals surface area contributed by atoms with Crippen LogP contribution in [0.2, 0.25) is 0 Å². The highest BCUT2D eigenvalue weighted by atomic mass is 16.6. The van der Waals surface area contributed by atoms with Gasteiger partial charge in [-0.25, -0.2) is 4.79 Å². The van der Waals surface area contributed by atoms with Gasteiger partial charge in [0.25, 0.3) is 0 Å². The molecule has 0 atom stereocenters. The highest BCUT2D eigenvalue weighted by Crippen LogP contribution is 2.36. The maximum absolute atomic E-state index is 12.2. The van der Waals surface area contributed by atoms with E-state index in [1.807, 2.05) is 33.2 Å². The summed E-state index contributed by atoms with van der Waals surface area (Å²) in [7, 11) is 0. The number of aromatic nitrogens is 1. The Kier molecular flexibility index (Phi) is 6.25. The average Bonchev–Trinajstić information content (AvgIpc) is 2.58. The maximum atomic E-state index is 12.2. The smallest absolute Gasteiger partial charge is 0.410 e. The van der Waals surface area contributed by atoms with E-state index in [-0.39, 0.29) is 6.09 Å². The molecule has 0 aliphatic carbocycles. The first-order chi connectivity index (χ1) is 12.9. The lowest BCUT2D eigenvalue weighted by Gasteiger charge is -2.42. The van der Waals surface area contributed by atoms with Crippen LogP contribution in [0.4, 0.5) is 10.5 Å². The Morgan fingerprint density at radius 2 is 2.00 bits per heavy atom. The van der Waals surface area contributed by atoms with Gasteiger partial charge in [0, 0.05) is 62.3 Å². The molecule has 6 heteroatoms. The van der Waals surface area contributed by atoms with Gasteiger partial charge in [-0.3, -0.25) is 4.98 Å². The minimum absolute atomic E-state index is 0.228. The molecule has 2 aliphatic rings. The van der Waals surface area contributed by atoms with Gasteiger partial charge in [-0.05, 0) is 58.4 Å². The molecule has 3 rings (SSSR count). The maximum Gasteiger partial charge on any atom is 0.410 e. The van der Waals surface area contributed by atoms with Crippen molar-refractivity contribution >= 4 is 11.8 Å². The molecule has 0 saturated carbocycles. The van der Waals surface area contributed by atoms with Crippen LogP contribution >= 0.6 is 0 Å². The monoisotopic (exact) mass is 375 g/mol. The number of aliphatic hydroxyl groups is 1. The van der Waals surface area contributed by atoms with E-state index >= 15 is 0 Å². The second-order valence-electron chi connectivity index (χ2n) is 8.81. The lowest BCUT2D eigenvalue weighted by Crippen LogP contribution is -2.50. The van der Waals surface area contributed by atoms with Crippen LogP contribution < -0.4 is 4.90 Å². The van der Waals surface area contributed by atoms with E-state index in [2.05, 4.69) is 16.0 Å². The first-order valence-electron chi connectivity index (χ1n) is 10.1. The Morgan fingerprint density at radius 3 is 2.63 bits per heavy atom. The number of pyridine rings is 1. The quantitative estimate of drug-likeness (QED) is 0.854. The number of piperidine rings is 1. The summed E-state index contributed by atoms with van der Waals surface area (Å²) in [5, 5.41) is 9.03. The standard InChI is InChI=1S/C21H33N3O3/c1-21(2,3)27-20(26)24-14-17(15-24)18-13-22-9-6-19(18)23-10-7-16(8-11-23)5-4-12-25/h6,9,13,16-17,25H,4-5,7-8,10-12,14-15H2,1-3H3. The van der Waals surface area contributed by atoms with Crippen molar-refractivity contribution in [2.45, 2.75) is 58.0 Å². The first kappa shape index (κ1) is 19.9. The van der Waals surface area contributed by atoms with Crippen LogP contribution in [0.3, 0.4) is 0 Å². The van der Waals surface area contributed by atoms with Crippen LogP contribution in [0.5, 0.6) is 0 Å². The number of likely N-dealkylation sites (tertiary alicyclic amines) is 1. The molecular weight excluding hydrogens is 342 g/mol. The molecule has 0 radical (unpaired) electrons. The Bertz CT molecular complexity index is 630. The van der Waals surface area contributed by atoms with E-state index in [4.69, 9.17) is 9.84 Å². The molecular formula is C21H33N3O3. The summed E-state index contributed by atoms with van der Waals surface area (Å²) in [6, 6.07) is 2.11. The van der Waals surface area contributed by atoms with Gasteiger partial charge in [0.1, 0.15) is 5.60 Å². The predicted molar refractivity (Wildman–Crippen MR) is 106 cm³/mol. The fourth-order valence-electron chi connectivity index (χ4n) is 4.00. The largest absolute Gasteiger partial charge is 0.444 e. The van der Waals surface area contributed by atoms with Crippen LogP contribution in [-0.2, 0) is 4.74 Å². The third-order valence-corrected chi connectivity index (χ3v) is 5.53. The van der Waals surface area contributed by atoms with Crippen LogP contribution in [0.15, 0.2) is 18.5 Å². The summed E-state index contributed by atoms with van der Waals surface area (Å²) >= 11 is 0. The molecule has 2 fully saturated rings. The number of hydrogen-bond acceptors (Lipinski definition) is 5. The summed E-state index contributed by atoms with van der Waals surface area (Å²) in [5.41, 5.74) is 2.05. The minimum Gasteiger partial charge on any atom is -0.444 e. The Labute approximate surface area is 162 Å². The molecule has 2 aliphatic heterocycles. The zero-order chi connectivity index (χ0) is 19.4.